The summed E-state index contributed by atoms with van der Waals surface area (Å²) >= 11 is 1.85. The highest BCUT2D eigenvalue weighted by atomic mass is 32.2. The number of carbonyl (C=O) groups is 10. The third-order valence-corrected chi connectivity index (χ3v) is 15.0. The molecule has 0 saturated carbocycles. The Balaban J connectivity index is 1.40. The first kappa shape index (κ1) is 64.8. The first-order valence-electron chi connectivity index (χ1n) is 27.6. The van der Waals surface area contributed by atoms with Crippen LogP contribution in [-0.4, -0.2) is 232 Å². The molecule has 0 aliphatic carbocycles. The number of primary amides is 1. The van der Waals surface area contributed by atoms with Crippen molar-refractivity contribution in [1.29, 1.82) is 0 Å². The van der Waals surface area contributed by atoms with Gasteiger partial charge >= 0.3 is 0 Å². The first-order valence-corrected chi connectivity index (χ1v) is 28.6. The Morgan fingerprint density at radius 1 is 0.633 bits per heavy atom. The second-order valence-corrected chi connectivity index (χ2v) is 21.5. The van der Waals surface area contributed by atoms with Crippen molar-refractivity contribution < 1.29 is 47.9 Å². The Kier molecular flexibility index (Phi) is 27.1. The van der Waals surface area contributed by atoms with Crippen molar-refractivity contribution in [2.45, 2.75) is 129 Å². The summed E-state index contributed by atoms with van der Waals surface area (Å²) < 4.78 is 2.89. The van der Waals surface area contributed by atoms with Crippen LogP contribution in [0.3, 0.4) is 0 Å². The highest BCUT2D eigenvalue weighted by Gasteiger charge is 2.43. The van der Waals surface area contributed by atoms with Gasteiger partial charge in [-0.25, -0.2) is 0 Å². The van der Waals surface area contributed by atoms with Crippen LogP contribution in [0.1, 0.15) is 110 Å². The van der Waals surface area contributed by atoms with Gasteiger partial charge in [0.1, 0.15) is 24.0 Å². The normalized spacial score (nSPS) is 15.8. The summed E-state index contributed by atoms with van der Waals surface area (Å²) in [7, 11) is 3.31. The lowest BCUT2D eigenvalue weighted by Crippen LogP contribution is -2.55. The fourth-order valence-electron chi connectivity index (χ4n) is 9.62. The van der Waals surface area contributed by atoms with Gasteiger partial charge in [0, 0.05) is 102 Å². The smallest absolute Gasteiger partial charge is 0.247 e. The van der Waals surface area contributed by atoms with E-state index < -0.39 is 92.6 Å². The highest BCUT2D eigenvalue weighted by molar-refractivity contribution is 8.00. The summed E-state index contributed by atoms with van der Waals surface area (Å²) in [6.07, 6.45) is 8.43. The van der Waals surface area contributed by atoms with Crippen molar-refractivity contribution in [3.8, 4) is 0 Å². The summed E-state index contributed by atoms with van der Waals surface area (Å²) in [6.45, 7) is 6.58. The molecule has 440 valence electrons. The zero-order valence-corrected chi connectivity index (χ0v) is 48.1. The molecule has 10 amide bonds. The maximum absolute atomic E-state index is 14.3. The van der Waals surface area contributed by atoms with Gasteiger partial charge in [0.2, 0.25) is 59.1 Å². The highest BCUT2D eigenvalue weighted by Crippen LogP contribution is 2.40. The molecule has 79 heavy (non-hydrogen) atoms. The van der Waals surface area contributed by atoms with Crippen molar-refractivity contribution in [3.05, 3.63) is 23.8 Å². The zero-order chi connectivity index (χ0) is 58.2. The quantitative estimate of drug-likeness (QED) is 0.0571. The number of carbonyl (C=O) groups excluding carboxylic acids is 10. The maximum atomic E-state index is 14.3. The fraction of sp³-hybridized carbons (Fsp3) is 0.725. The minimum absolute atomic E-state index is 0.0683. The molecular weight excluding hydrogens is 1040 g/mol. The lowest BCUT2D eigenvalue weighted by atomic mass is 9.94. The van der Waals surface area contributed by atoms with Crippen molar-refractivity contribution in [1.82, 2.24) is 74.9 Å². The molecule has 0 aromatic carbocycles. The standard InChI is InChI=1S/C51H85N17O10S/c1-8-17-62(29-46(73)64(19-10-3)31-48(75)66(21-12-5)33-50(77)67(28-42(53)69)26-36-24-60(6)58-56-36)45(72)30-63(18-9-2)47(74)32-65(20-11-4)49(76)34-68(27-37-25-61(7)59-57-37)51(78)39(23-52)54-43(70)16-14-13-15-41-38-22-44(71)55-40(38)35-79-41/h24-25,38-41H,8-23,26-35,52H2,1-7H3,(H2,53,69)(H,54,70)(H,55,71)/t38-,39?,40-,41-/m0/s1. The third-order valence-electron chi connectivity index (χ3n) is 13.5. The first-order chi connectivity index (χ1) is 37.7. The number of aryl methyl sites for hydroxylation is 2. The van der Waals surface area contributed by atoms with E-state index in [0.717, 1.165) is 18.6 Å². The van der Waals surface area contributed by atoms with Gasteiger partial charge in [0.25, 0.3) is 0 Å². The third kappa shape index (κ3) is 20.8. The summed E-state index contributed by atoms with van der Waals surface area (Å²) in [5.41, 5.74) is 12.3. The molecule has 27 nitrogen and oxygen atoms in total. The van der Waals surface area contributed by atoms with Crippen molar-refractivity contribution in [3.63, 3.8) is 0 Å². The number of aromatic nitrogens is 6. The molecule has 2 aliphatic rings. The molecule has 6 N–H and O–H groups in total. The van der Waals surface area contributed by atoms with Crippen LogP contribution in [0.2, 0.25) is 0 Å². The van der Waals surface area contributed by atoms with E-state index in [0.29, 0.717) is 67.5 Å². The molecule has 2 fully saturated rings. The van der Waals surface area contributed by atoms with Crippen LogP contribution < -0.4 is 22.1 Å². The number of amides is 10. The summed E-state index contributed by atoms with van der Waals surface area (Å²) in [6, 6.07) is -0.959. The van der Waals surface area contributed by atoms with Gasteiger partial charge < -0.3 is 56.4 Å². The van der Waals surface area contributed by atoms with Crippen LogP contribution in [0.15, 0.2) is 12.4 Å². The lowest BCUT2D eigenvalue weighted by molar-refractivity contribution is -0.148. The van der Waals surface area contributed by atoms with Crippen molar-refractivity contribution >= 4 is 70.8 Å². The molecular formula is C51H85N17O10S. The second kappa shape index (κ2) is 33.0. The molecule has 1 unspecified atom stereocenters. The van der Waals surface area contributed by atoms with E-state index in [9.17, 15) is 47.9 Å². The largest absolute Gasteiger partial charge is 0.368 e. The van der Waals surface area contributed by atoms with Crippen LogP contribution in [0, 0.1) is 5.92 Å². The van der Waals surface area contributed by atoms with Gasteiger partial charge in [0.05, 0.1) is 52.4 Å². The number of thioether (sulfide) groups is 1. The van der Waals surface area contributed by atoms with Crippen LogP contribution in [0.4, 0.5) is 0 Å². The molecule has 28 heteroatoms. The number of nitrogens with two attached hydrogens (primary N) is 2. The molecule has 4 rings (SSSR count). The minimum atomic E-state index is -1.17. The van der Waals surface area contributed by atoms with E-state index in [4.69, 9.17) is 11.5 Å². The minimum Gasteiger partial charge on any atom is -0.368 e. The van der Waals surface area contributed by atoms with E-state index in [-0.39, 0.29) is 83.2 Å². The number of nitrogens with zero attached hydrogens (tertiary/aromatic N) is 13. The second-order valence-electron chi connectivity index (χ2n) is 20.3. The van der Waals surface area contributed by atoms with Gasteiger partial charge in [0.15, 0.2) is 0 Å². The summed E-state index contributed by atoms with van der Waals surface area (Å²) in [4.78, 5) is 144. The predicted molar refractivity (Wildman–Crippen MR) is 292 cm³/mol. The SMILES string of the molecule is CCCN(CC(=O)N(CCC)CC(=O)N(CCC)CC(=O)N(CC(N)=O)Cc1cn(C)nn1)C(=O)CN(CCC)C(=O)CN(CCC)C(=O)CN(Cc1cn(C)nn1)C(=O)C(CN)NC(=O)CCCC[C@@H]1SC[C@@H]2NC(=O)C[C@@H]21. The maximum Gasteiger partial charge on any atom is 0.247 e. The molecule has 2 aromatic heterocycles. The summed E-state index contributed by atoms with van der Waals surface area (Å²) in [5.74, 6) is -3.68. The lowest BCUT2D eigenvalue weighted by Gasteiger charge is -2.32. The molecule has 4 heterocycles. The van der Waals surface area contributed by atoms with Gasteiger partial charge in [-0.2, -0.15) is 11.8 Å². The number of unbranched alkanes of at least 4 members (excludes halogenated alkanes) is 1. The van der Waals surface area contributed by atoms with E-state index in [1.165, 1.54) is 43.7 Å². The van der Waals surface area contributed by atoms with Gasteiger partial charge in [-0.3, -0.25) is 57.3 Å². The van der Waals surface area contributed by atoms with E-state index in [1.54, 1.807) is 26.5 Å². The Morgan fingerprint density at radius 3 is 1.42 bits per heavy atom. The monoisotopic (exact) mass is 1130 g/mol. The van der Waals surface area contributed by atoms with Crippen LogP contribution >= 0.6 is 11.8 Å². The van der Waals surface area contributed by atoms with Crippen LogP contribution in [0.25, 0.3) is 0 Å². The molecule has 0 spiro atoms. The van der Waals surface area contributed by atoms with Gasteiger partial charge in [-0.15, -0.1) is 10.2 Å². The van der Waals surface area contributed by atoms with Gasteiger partial charge in [-0.1, -0.05) is 51.5 Å². The zero-order valence-electron chi connectivity index (χ0n) is 47.3. The van der Waals surface area contributed by atoms with Gasteiger partial charge in [-0.05, 0) is 44.9 Å². The molecule has 2 saturated heterocycles. The Morgan fingerprint density at radius 2 is 1.04 bits per heavy atom. The predicted octanol–water partition coefficient (Wildman–Crippen LogP) is -1.40. The fourth-order valence-corrected chi connectivity index (χ4v) is 11.3. The molecule has 2 aliphatic heterocycles. The van der Waals surface area contributed by atoms with E-state index >= 15 is 0 Å². The Hall–Kier alpha value is -6.71. The van der Waals surface area contributed by atoms with Crippen molar-refractivity contribution in [2.24, 2.45) is 31.5 Å². The Labute approximate surface area is 467 Å². The number of rotatable bonds is 36. The average Bonchev–Trinajstić information content (AvgIpc) is 4.21. The topological polar surface area (TPSA) is 331 Å². The molecule has 0 bridgehead atoms. The number of nitrogens with one attached hydrogen (secondary N) is 2. The molecule has 0 radical (unpaired) electrons. The van der Waals surface area contributed by atoms with Crippen molar-refractivity contribution in [2.75, 3.05) is 90.8 Å². The van der Waals surface area contributed by atoms with E-state index in [1.807, 2.05) is 46.4 Å². The van der Waals surface area contributed by atoms with E-state index in [2.05, 4.69) is 31.3 Å². The number of hydrogen-bond donors (Lipinski definition) is 4. The van der Waals surface area contributed by atoms with Crippen LogP contribution in [-0.2, 0) is 75.1 Å². The summed E-state index contributed by atoms with van der Waals surface area (Å²) in [5, 5.41) is 22.1. The average molecular weight is 1130 g/mol. The van der Waals surface area contributed by atoms with Crippen LogP contribution in [0.5, 0.6) is 0 Å². The Bertz CT molecular complexity index is 2390. The molecule has 2 aromatic rings. The number of hydrogen-bond acceptors (Lipinski definition) is 16. The molecule has 4 atom stereocenters. The number of fused-ring (bicyclic) bond motifs is 1.